The van der Waals surface area contributed by atoms with E-state index >= 15 is 0 Å². The van der Waals surface area contributed by atoms with E-state index in [1.54, 1.807) is 12.0 Å². The molecule has 6 heteroatoms. The van der Waals surface area contributed by atoms with Gasteiger partial charge in [-0.2, -0.15) is 0 Å². The molecule has 2 amide bonds. The van der Waals surface area contributed by atoms with Crippen molar-refractivity contribution in [2.45, 2.75) is 19.4 Å². The maximum absolute atomic E-state index is 12.2. The second-order valence-corrected chi connectivity index (χ2v) is 7.25. The second-order valence-electron chi connectivity index (χ2n) is 7.25. The Morgan fingerprint density at radius 3 is 2.67 bits per heavy atom. The Balaban J connectivity index is 1.42. The minimum Gasteiger partial charge on any atom is -0.493 e. The van der Waals surface area contributed by atoms with Gasteiger partial charge in [0, 0.05) is 13.1 Å². The molecule has 1 N–H and O–H groups in total. The highest BCUT2D eigenvalue weighted by Gasteiger charge is 2.36. The molecule has 1 unspecified atom stereocenters. The first-order valence-corrected chi connectivity index (χ1v) is 8.50. The number of likely N-dealkylation sites (tertiary alicyclic amines) is 2. The zero-order valence-electron chi connectivity index (χ0n) is 14.7. The van der Waals surface area contributed by atoms with Crippen molar-refractivity contribution in [1.82, 2.24) is 15.1 Å². The van der Waals surface area contributed by atoms with Crippen LogP contribution in [-0.4, -0.2) is 68.8 Å². The van der Waals surface area contributed by atoms with Crippen LogP contribution in [0.4, 0.5) is 4.79 Å². The molecule has 6 nitrogen and oxygen atoms in total. The summed E-state index contributed by atoms with van der Waals surface area (Å²) in [7, 11) is 3.76. The van der Waals surface area contributed by atoms with Crippen molar-refractivity contribution in [3.63, 3.8) is 0 Å². The van der Waals surface area contributed by atoms with Gasteiger partial charge in [-0.15, -0.1) is 0 Å². The minimum atomic E-state index is 0.00524. The van der Waals surface area contributed by atoms with E-state index in [-0.39, 0.29) is 17.6 Å². The number of nitrogens with zero attached hydrogens (tertiary/aromatic N) is 2. The Bertz CT molecular complexity index is 589. The second kappa shape index (κ2) is 6.89. The largest absolute Gasteiger partial charge is 0.493 e. The molecule has 2 aliphatic heterocycles. The summed E-state index contributed by atoms with van der Waals surface area (Å²) in [5, 5.41) is 3.07. The molecule has 0 aromatic heterocycles. The summed E-state index contributed by atoms with van der Waals surface area (Å²) in [4.78, 5) is 16.4. The molecule has 132 valence electrons. The molecule has 0 aliphatic carbocycles. The van der Waals surface area contributed by atoms with Crippen LogP contribution in [0.25, 0.3) is 0 Å². The van der Waals surface area contributed by atoms with E-state index in [0.717, 1.165) is 37.6 Å². The third-order valence-electron chi connectivity index (χ3n) is 4.91. The summed E-state index contributed by atoms with van der Waals surface area (Å²) < 4.78 is 11.2. The predicted molar refractivity (Wildman–Crippen MR) is 92.6 cm³/mol. The Hall–Kier alpha value is -1.95. The predicted octanol–water partition coefficient (Wildman–Crippen LogP) is 1.81. The van der Waals surface area contributed by atoms with E-state index in [2.05, 4.69) is 24.2 Å². The van der Waals surface area contributed by atoms with Crippen molar-refractivity contribution >= 4 is 6.03 Å². The number of nitrogens with one attached hydrogen (secondary N) is 1. The van der Waals surface area contributed by atoms with Gasteiger partial charge < -0.3 is 24.6 Å². The van der Waals surface area contributed by atoms with Gasteiger partial charge in [-0.05, 0) is 37.6 Å². The normalized spacial score (nSPS) is 24.5. The van der Waals surface area contributed by atoms with Gasteiger partial charge >= 0.3 is 6.03 Å². The van der Waals surface area contributed by atoms with Gasteiger partial charge in [-0.1, -0.05) is 19.1 Å². The Kier molecular flexibility index (Phi) is 4.85. The molecular weight excluding hydrogens is 306 g/mol. The number of para-hydroxylation sites is 2. The number of ether oxygens (including phenoxy) is 2. The van der Waals surface area contributed by atoms with Gasteiger partial charge in [-0.25, -0.2) is 4.79 Å². The van der Waals surface area contributed by atoms with E-state index < -0.39 is 0 Å². The van der Waals surface area contributed by atoms with E-state index in [0.29, 0.717) is 13.1 Å². The highest BCUT2D eigenvalue weighted by molar-refractivity contribution is 5.75. The fourth-order valence-corrected chi connectivity index (χ4v) is 3.39. The molecular formula is C18H27N3O3. The van der Waals surface area contributed by atoms with Crippen LogP contribution < -0.4 is 14.8 Å². The van der Waals surface area contributed by atoms with E-state index in [4.69, 9.17) is 9.47 Å². The van der Waals surface area contributed by atoms with Crippen LogP contribution in [0.3, 0.4) is 0 Å². The van der Waals surface area contributed by atoms with Crippen molar-refractivity contribution in [2.24, 2.45) is 5.41 Å². The molecule has 2 heterocycles. The Morgan fingerprint density at radius 1 is 1.33 bits per heavy atom. The van der Waals surface area contributed by atoms with Crippen LogP contribution in [0.2, 0.25) is 0 Å². The van der Waals surface area contributed by atoms with Gasteiger partial charge in [0.05, 0.1) is 20.2 Å². The number of urea groups is 1. The zero-order chi connectivity index (χ0) is 17.2. The molecule has 0 bridgehead atoms. The maximum Gasteiger partial charge on any atom is 0.317 e. The van der Waals surface area contributed by atoms with Gasteiger partial charge in [0.1, 0.15) is 6.10 Å². The van der Waals surface area contributed by atoms with Crippen LogP contribution in [0, 0.1) is 5.41 Å². The van der Waals surface area contributed by atoms with Gasteiger partial charge in [0.25, 0.3) is 0 Å². The highest BCUT2D eigenvalue weighted by Crippen LogP contribution is 2.29. The third kappa shape index (κ3) is 3.75. The van der Waals surface area contributed by atoms with E-state index in [1.165, 1.54) is 0 Å². The van der Waals surface area contributed by atoms with E-state index in [1.807, 2.05) is 24.3 Å². The molecule has 0 spiro atoms. The van der Waals surface area contributed by atoms with Crippen LogP contribution >= 0.6 is 0 Å². The molecule has 0 saturated carbocycles. The number of carbonyl (C=O) groups is 1. The third-order valence-corrected chi connectivity index (χ3v) is 4.91. The summed E-state index contributed by atoms with van der Waals surface area (Å²) >= 11 is 0. The van der Waals surface area contributed by atoms with Crippen molar-refractivity contribution in [1.29, 1.82) is 0 Å². The molecule has 2 saturated heterocycles. The van der Waals surface area contributed by atoms with Gasteiger partial charge in [0.2, 0.25) is 0 Å². The average molecular weight is 333 g/mol. The molecule has 2 fully saturated rings. The first kappa shape index (κ1) is 16.9. The lowest BCUT2D eigenvalue weighted by molar-refractivity contribution is 0.0418. The molecule has 1 aromatic carbocycles. The van der Waals surface area contributed by atoms with Crippen LogP contribution in [0.1, 0.15) is 13.3 Å². The van der Waals surface area contributed by atoms with Crippen molar-refractivity contribution < 1.29 is 14.3 Å². The smallest absolute Gasteiger partial charge is 0.317 e. The fourth-order valence-electron chi connectivity index (χ4n) is 3.39. The number of amides is 2. The van der Waals surface area contributed by atoms with Crippen LogP contribution in [0.5, 0.6) is 11.5 Å². The Labute approximate surface area is 143 Å². The lowest BCUT2D eigenvalue weighted by Gasteiger charge is -2.39. The number of rotatable bonds is 5. The number of benzene rings is 1. The minimum absolute atomic E-state index is 0.00524. The molecule has 1 atom stereocenters. The molecule has 0 radical (unpaired) electrons. The zero-order valence-corrected chi connectivity index (χ0v) is 14.7. The SMILES string of the molecule is COc1ccccc1OC1CN(C(=O)NCC2(C)CCN(C)C2)C1. The summed E-state index contributed by atoms with van der Waals surface area (Å²) in [6, 6.07) is 7.59. The number of hydrogen-bond donors (Lipinski definition) is 1. The van der Waals surface area contributed by atoms with Gasteiger partial charge in [-0.3, -0.25) is 0 Å². The van der Waals surface area contributed by atoms with Crippen molar-refractivity contribution in [2.75, 3.05) is 46.9 Å². The van der Waals surface area contributed by atoms with Gasteiger partial charge in [0.15, 0.2) is 11.5 Å². The van der Waals surface area contributed by atoms with Crippen LogP contribution in [0.15, 0.2) is 24.3 Å². The highest BCUT2D eigenvalue weighted by atomic mass is 16.5. The standard InChI is InChI=1S/C18H27N3O3/c1-18(8-9-20(2)13-18)12-19-17(22)21-10-14(11-21)24-16-7-5-4-6-15(16)23-3/h4-7,14H,8-13H2,1-3H3,(H,19,22). The molecule has 2 aliphatic rings. The first-order valence-electron chi connectivity index (χ1n) is 8.50. The lowest BCUT2D eigenvalue weighted by Crippen LogP contribution is -2.59. The fraction of sp³-hybridized carbons (Fsp3) is 0.611. The molecule has 24 heavy (non-hydrogen) atoms. The topological polar surface area (TPSA) is 54.0 Å². The molecule has 3 rings (SSSR count). The Morgan fingerprint density at radius 2 is 2.04 bits per heavy atom. The maximum atomic E-state index is 12.2. The summed E-state index contributed by atoms with van der Waals surface area (Å²) in [6.45, 7) is 6.32. The molecule has 1 aromatic rings. The summed E-state index contributed by atoms with van der Waals surface area (Å²) in [5.41, 5.74) is 0.183. The lowest BCUT2D eigenvalue weighted by atomic mass is 9.90. The number of hydrogen-bond acceptors (Lipinski definition) is 4. The van der Waals surface area contributed by atoms with Crippen molar-refractivity contribution in [3.8, 4) is 11.5 Å². The van der Waals surface area contributed by atoms with Crippen molar-refractivity contribution in [3.05, 3.63) is 24.3 Å². The van der Waals surface area contributed by atoms with E-state index in [9.17, 15) is 4.79 Å². The number of carbonyl (C=O) groups excluding carboxylic acids is 1. The number of methoxy groups -OCH3 is 1. The summed E-state index contributed by atoms with van der Waals surface area (Å²) in [5.74, 6) is 1.45. The summed E-state index contributed by atoms with van der Waals surface area (Å²) in [6.07, 6.45) is 1.16. The average Bonchev–Trinajstić information content (AvgIpc) is 2.88. The first-order chi connectivity index (χ1) is 11.5. The monoisotopic (exact) mass is 333 g/mol. The van der Waals surface area contributed by atoms with Crippen LogP contribution in [-0.2, 0) is 0 Å². The quantitative estimate of drug-likeness (QED) is 0.893.